The summed E-state index contributed by atoms with van der Waals surface area (Å²) >= 11 is 0. The fourth-order valence-electron chi connectivity index (χ4n) is 0.999. The largest absolute Gasteiger partial charge is 0.463 e. The van der Waals surface area contributed by atoms with E-state index in [2.05, 4.69) is 23.8 Å². The Morgan fingerprint density at radius 3 is 2.23 bits per heavy atom. The summed E-state index contributed by atoms with van der Waals surface area (Å²) in [5.74, 6) is 0.504. The van der Waals surface area contributed by atoms with Gasteiger partial charge >= 0.3 is 6.01 Å². The van der Waals surface area contributed by atoms with Gasteiger partial charge in [-0.15, -0.1) is 0 Å². The van der Waals surface area contributed by atoms with Gasteiger partial charge in [-0.05, 0) is 25.8 Å². The van der Waals surface area contributed by atoms with Gasteiger partial charge in [-0.25, -0.2) is 9.97 Å². The van der Waals surface area contributed by atoms with Gasteiger partial charge in [0.25, 0.3) is 0 Å². The first-order valence-electron chi connectivity index (χ1n) is 4.53. The number of aryl methyl sites for hydroxylation is 2. The lowest BCUT2D eigenvalue weighted by Gasteiger charge is -2.07. The fraction of sp³-hybridized carbons (Fsp3) is 0.600. The van der Waals surface area contributed by atoms with Crippen LogP contribution in [0.5, 0.6) is 6.01 Å². The zero-order chi connectivity index (χ0) is 9.84. The molecule has 1 aromatic rings. The second kappa shape index (κ2) is 4.21. The molecule has 0 amide bonds. The van der Waals surface area contributed by atoms with E-state index < -0.39 is 0 Å². The Morgan fingerprint density at radius 2 is 1.77 bits per heavy atom. The van der Waals surface area contributed by atoms with Crippen molar-refractivity contribution in [2.45, 2.75) is 27.7 Å². The van der Waals surface area contributed by atoms with Crippen LogP contribution in [0.1, 0.15) is 25.2 Å². The van der Waals surface area contributed by atoms with Gasteiger partial charge in [0.15, 0.2) is 0 Å². The predicted octanol–water partition coefficient (Wildman–Crippen LogP) is 2.13. The molecule has 1 heterocycles. The Kier molecular flexibility index (Phi) is 3.23. The van der Waals surface area contributed by atoms with E-state index in [9.17, 15) is 0 Å². The van der Waals surface area contributed by atoms with Gasteiger partial charge in [-0.2, -0.15) is 0 Å². The lowest BCUT2D eigenvalue weighted by Crippen LogP contribution is -2.07. The summed E-state index contributed by atoms with van der Waals surface area (Å²) < 4.78 is 5.41. The van der Waals surface area contributed by atoms with Crippen LogP contribution in [-0.2, 0) is 0 Å². The second-order valence-electron chi connectivity index (χ2n) is 3.64. The van der Waals surface area contributed by atoms with Gasteiger partial charge < -0.3 is 4.74 Å². The van der Waals surface area contributed by atoms with Crippen molar-refractivity contribution in [3.8, 4) is 6.01 Å². The molecule has 0 radical (unpaired) electrons. The molecular formula is C10H16N2O. The van der Waals surface area contributed by atoms with E-state index in [4.69, 9.17) is 4.74 Å². The molecule has 0 bridgehead atoms. The molecule has 0 saturated carbocycles. The zero-order valence-corrected chi connectivity index (χ0v) is 8.66. The van der Waals surface area contributed by atoms with Crippen molar-refractivity contribution >= 4 is 0 Å². The minimum absolute atomic E-state index is 0.492. The van der Waals surface area contributed by atoms with Gasteiger partial charge in [0, 0.05) is 11.4 Å². The van der Waals surface area contributed by atoms with Crippen LogP contribution < -0.4 is 4.74 Å². The third-order valence-corrected chi connectivity index (χ3v) is 1.51. The monoisotopic (exact) mass is 180 g/mol. The van der Waals surface area contributed by atoms with E-state index in [1.807, 2.05) is 19.9 Å². The number of hydrogen-bond acceptors (Lipinski definition) is 3. The maximum atomic E-state index is 5.41. The molecular weight excluding hydrogens is 164 g/mol. The highest BCUT2D eigenvalue weighted by molar-refractivity contribution is 5.10. The number of hydrogen-bond donors (Lipinski definition) is 0. The summed E-state index contributed by atoms with van der Waals surface area (Å²) in [5, 5.41) is 0. The maximum Gasteiger partial charge on any atom is 0.316 e. The van der Waals surface area contributed by atoms with Crippen molar-refractivity contribution in [2.75, 3.05) is 6.61 Å². The molecule has 3 heteroatoms. The maximum absolute atomic E-state index is 5.41. The van der Waals surface area contributed by atoms with E-state index in [1.54, 1.807) is 0 Å². The Balaban J connectivity index is 2.66. The van der Waals surface area contributed by atoms with Crippen molar-refractivity contribution in [2.24, 2.45) is 5.92 Å². The first-order valence-corrected chi connectivity index (χ1v) is 4.53. The summed E-state index contributed by atoms with van der Waals surface area (Å²) in [5.41, 5.74) is 1.90. The molecule has 3 nitrogen and oxygen atoms in total. The average Bonchev–Trinajstić information content (AvgIpc) is 1.99. The smallest absolute Gasteiger partial charge is 0.316 e. The third-order valence-electron chi connectivity index (χ3n) is 1.51. The standard InChI is InChI=1S/C10H16N2O/c1-7(2)6-13-10-11-8(3)5-9(4)12-10/h5,7H,6H2,1-4H3. The lowest BCUT2D eigenvalue weighted by atomic mass is 10.2. The second-order valence-corrected chi connectivity index (χ2v) is 3.64. The van der Waals surface area contributed by atoms with Crippen molar-refractivity contribution in [1.29, 1.82) is 0 Å². The van der Waals surface area contributed by atoms with E-state index in [1.165, 1.54) is 0 Å². The summed E-state index contributed by atoms with van der Waals surface area (Å²) in [6.45, 7) is 8.75. The van der Waals surface area contributed by atoms with Crippen LogP contribution in [0.4, 0.5) is 0 Å². The molecule has 0 spiro atoms. The van der Waals surface area contributed by atoms with E-state index in [-0.39, 0.29) is 0 Å². The van der Waals surface area contributed by atoms with Crippen LogP contribution in [0.25, 0.3) is 0 Å². The van der Waals surface area contributed by atoms with Crippen molar-refractivity contribution in [3.63, 3.8) is 0 Å². The Morgan fingerprint density at radius 1 is 1.23 bits per heavy atom. The van der Waals surface area contributed by atoms with E-state index in [0.29, 0.717) is 18.5 Å². The van der Waals surface area contributed by atoms with Crippen LogP contribution in [0.3, 0.4) is 0 Å². The molecule has 0 aliphatic carbocycles. The molecule has 13 heavy (non-hydrogen) atoms. The molecule has 0 saturated heterocycles. The Labute approximate surface area is 79.2 Å². The van der Waals surface area contributed by atoms with Crippen molar-refractivity contribution in [1.82, 2.24) is 9.97 Å². The zero-order valence-electron chi connectivity index (χ0n) is 8.66. The highest BCUT2D eigenvalue weighted by Crippen LogP contribution is 2.07. The van der Waals surface area contributed by atoms with E-state index >= 15 is 0 Å². The summed E-state index contributed by atoms with van der Waals surface area (Å²) in [4.78, 5) is 8.35. The van der Waals surface area contributed by atoms with Crippen LogP contribution in [0, 0.1) is 19.8 Å². The highest BCUT2D eigenvalue weighted by atomic mass is 16.5. The topological polar surface area (TPSA) is 35.0 Å². The molecule has 1 rings (SSSR count). The molecule has 1 aromatic heterocycles. The van der Waals surface area contributed by atoms with Crippen LogP contribution >= 0.6 is 0 Å². The molecule has 0 atom stereocenters. The van der Waals surface area contributed by atoms with Gasteiger partial charge in [-0.1, -0.05) is 13.8 Å². The minimum atomic E-state index is 0.492. The molecule has 0 aliphatic heterocycles. The van der Waals surface area contributed by atoms with Crippen LogP contribution in [0.2, 0.25) is 0 Å². The molecule has 0 N–H and O–H groups in total. The number of ether oxygens (including phenoxy) is 1. The number of nitrogens with zero attached hydrogens (tertiary/aromatic N) is 2. The molecule has 0 unspecified atom stereocenters. The van der Waals surface area contributed by atoms with Gasteiger partial charge in [0.2, 0.25) is 0 Å². The summed E-state index contributed by atoms with van der Waals surface area (Å²) in [7, 11) is 0. The highest BCUT2D eigenvalue weighted by Gasteiger charge is 2.01. The average molecular weight is 180 g/mol. The van der Waals surface area contributed by atoms with Crippen molar-refractivity contribution in [3.05, 3.63) is 17.5 Å². The van der Waals surface area contributed by atoms with Gasteiger partial charge in [0.1, 0.15) is 0 Å². The molecule has 72 valence electrons. The lowest BCUT2D eigenvalue weighted by molar-refractivity contribution is 0.250. The third kappa shape index (κ3) is 3.40. The first-order chi connectivity index (χ1) is 6.08. The molecule has 0 aromatic carbocycles. The SMILES string of the molecule is Cc1cc(C)nc(OCC(C)C)n1. The predicted molar refractivity (Wildman–Crippen MR) is 51.8 cm³/mol. The van der Waals surface area contributed by atoms with E-state index in [0.717, 1.165) is 11.4 Å². The van der Waals surface area contributed by atoms with Crippen LogP contribution in [-0.4, -0.2) is 16.6 Å². The summed E-state index contributed by atoms with van der Waals surface area (Å²) in [6, 6.07) is 2.42. The van der Waals surface area contributed by atoms with Gasteiger partial charge in [0.05, 0.1) is 6.61 Å². The minimum Gasteiger partial charge on any atom is -0.463 e. The van der Waals surface area contributed by atoms with Crippen molar-refractivity contribution < 1.29 is 4.74 Å². The molecule has 0 aliphatic rings. The van der Waals surface area contributed by atoms with Gasteiger partial charge in [-0.3, -0.25) is 0 Å². The Hall–Kier alpha value is -1.12. The quantitative estimate of drug-likeness (QED) is 0.714. The normalized spacial score (nSPS) is 10.5. The first kappa shape index (κ1) is 9.96. The summed E-state index contributed by atoms with van der Waals surface area (Å²) in [6.07, 6.45) is 0. The fourth-order valence-corrected chi connectivity index (χ4v) is 0.999. The number of rotatable bonds is 3. The van der Waals surface area contributed by atoms with Crippen LogP contribution in [0.15, 0.2) is 6.07 Å². The molecule has 0 fully saturated rings. The number of aromatic nitrogens is 2. The Bertz CT molecular complexity index is 264.